The summed E-state index contributed by atoms with van der Waals surface area (Å²) < 4.78 is 3.42. The number of amides is 5. The lowest BCUT2D eigenvalue weighted by molar-refractivity contribution is -0.143. The number of carbonyl (C=O) groups is 5. The largest absolute Gasteiger partial charge is 0.363 e. The molecule has 5 amide bonds. The van der Waals surface area contributed by atoms with Gasteiger partial charge in [0, 0.05) is 25.2 Å². The molecule has 258 valence electrons. The first-order chi connectivity index (χ1) is 21.4. The van der Waals surface area contributed by atoms with Gasteiger partial charge in [-0.1, -0.05) is 66.9 Å². The second-order valence-electron chi connectivity index (χ2n) is 15.1. The van der Waals surface area contributed by atoms with E-state index >= 15 is 0 Å². The molecular weight excluding hydrogens is 625 g/mol. The zero-order valence-corrected chi connectivity index (χ0v) is 30.3. The average molecular weight is 679 g/mol. The minimum Gasteiger partial charge on any atom is -0.363 e. The number of likely N-dealkylation sites (tertiary alicyclic amines) is 1. The maximum atomic E-state index is 14.1. The number of nitrogens with one attached hydrogen (secondary N) is 3. The van der Waals surface area contributed by atoms with Crippen molar-refractivity contribution in [1.29, 1.82) is 0 Å². The van der Waals surface area contributed by atoms with Crippen molar-refractivity contribution in [3.63, 3.8) is 0 Å². The predicted molar refractivity (Wildman–Crippen MR) is 183 cm³/mol. The molecule has 5 N–H and O–H groups in total. The second-order valence-corrected chi connectivity index (χ2v) is 17.4. The van der Waals surface area contributed by atoms with E-state index in [0.29, 0.717) is 32.4 Å². The normalized spacial score (nSPS) is 19.3. The molecule has 4 atom stereocenters. The summed E-state index contributed by atoms with van der Waals surface area (Å²) in [5.41, 5.74) is 4.35. The number of carbonyl (C=O) groups excluding carboxylic acids is 5. The van der Waals surface area contributed by atoms with E-state index < -0.39 is 47.2 Å². The number of thiophene rings is 1. The lowest BCUT2D eigenvalue weighted by Gasteiger charge is -2.39. The Morgan fingerprint density at radius 2 is 1.67 bits per heavy atom. The van der Waals surface area contributed by atoms with Crippen LogP contribution in [-0.2, 0) is 19.2 Å². The van der Waals surface area contributed by atoms with E-state index in [1.807, 2.05) is 32.2 Å². The van der Waals surface area contributed by atoms with Crippen LogP contribution in [0.2, 0.25) is 0 Å². The Bertz CT molecular complexity index is 1220. The van der Waals surface area contributed by atoms with Gasteiger partial charge in [-0.25, -0.2) is 9.10 Å². The van der Waals surface area contributed by atoms with Gasteiger partial charge >= 0.3 is 6.03 Å². The molecule has 2 aliphatic rings. The summed E-state index contributed by atoms with van der Waals surface area (Å²) in [6, 6.07) is 0.884. The Hall–Kier alpha value is -2.64. The fourth-order valence-electron chi connectivity index (χ4n) is 5.68. The van der Waals surface area contributed by atoms with E-state index in [9.17, 15) is 24.0 Å². The Labute approximate surface area is 282 Å². The topological polar surface area (TPSA) is 154 Å². The number of hydrogen-bond donors (Lipinski definition) is 4. The van der Waals surface area contributed by atoms with Crippen LogP contribution in [0.1, 0.15) is 93.9 Å². The van der Waals surface area contributed by atoms with Gasteiger partial charge in [-0.2, -0.15) is 0 Å². The Morgan fingerprint density at radius 3 is 2.17 bits per heavy atom. The van der Waals surface area contributed by atoms with Gasteiger partial charge in [-0.15, -0.1) is 11.3 Å². The van der Waals surface area contributed by atoms with E-state index in [-0.39, 0.29) is 29.3 Å². The van der Waals surface area contributed by atoms with Crippen LogP contribution in [0.4, 0.5) is 4.79 Å². The number of rotatable bonds is 14. The summed E-state index contributed by atoms with van der Waals surface area (Å²) in [6.45, 7) is 17.0. The minimum absolute atomic E-state index is 0.218. The predicted octanol–water partition coefficient (Wildman–Crippen LogP) is 4.31. The highest BCUT2D eigenvalue weighted by atomic mass is 32.2. The minimum atomic E-state index is -1.08. The third-order valence-corrected chi connectivity index (χ3v) is 11.2. The monoisotopic (exact) mass is 678 g/mol. The third-order valence-electron chi connectivity index (χ3n) is 8.89. The molecule has 1 aliphatic heterocycles. The lowest BCUT2D eigenvalue weighted by atomic mass is 9.80. The molecule has 0 spiro atoms. The standard InChI is InChI=1S/C33H54N6O5S2/c1-20(2)39(46-25-15-11-17-45-25)19-24(32(3,4)5)36-31(44)37-27(33(6,7)8)30(43)38-16-10-14-23(38)29(42)35-22(26(40)28(34)41)18-21-12-9-13-21/h11,15,17,20-24,27H,9-10,12-14,16,18-19H2,1-8H3,(H2,34,41)(H,35,42)(H2,36,37,44). The van der Waals surface area contributed by atoms with Gasteiger partial charge in [-0.05, 0) is 73.3 Å². The summed E-state index contributed by atoms with van der Waals surface area (Å²) in [5.74, 6) is -2.49. The van der Waals surface area contributed by atoms with Crippen LogP contribution in [0.25, 0.3) is 0 Å². The smallest absolute Gasteiger partial charge is 0.315 e. The highest BCUT2D eigenvalue weighted by Crippen LogP contribution is 2.33. The van der Waals surface area contributed by atoms with E-state index in [4.69, 9.17) is 5.73 Å². The van der Waals surface area contributed by atoms with Gasteiger partial charge in [0.25, 0.3) is 5.91 Å². The zero-order chi connectivity index (χ0) is 34.4. The molecule has 11 nitrogen and oxygen atoms in total. The van der Waals surface area contributed by atoms with Crippen molar-refractivity contribution in [2.75, 3.05) is 13.1 Å². The van der Waals surface area contributed by atoms with E-state index in [1.54, 1.807) is 23.3 Å². The summed E-state index contributed by atoms with van der Waals surface area (Å²) in [5, 5.41) is 10.9. The van der Waals surface area contributed by atoms with E-state index in [0.717, 1.165) is 19.3 Å². The van der Waals surface area contributed by atoms with Gasteiger partial charge in [0.2, 0.25) is 17.6 Å². The molecule has 13 heteroatoms. The Kier molecular flexibility index (Phi) is 13.1. The summed E-state index contributed by atoms with van der Waals surface area (Å²) in [7, 11) is 0. The second kappa shape index (κ2) is 16.0. The first-order valence-electron chi connectivity index (χ1n) is 16.4. The van der Waals surface area contributed by atoms with Crippen LogP contribution in [0.3, 0.4) is 0 Å². The van der Waals surface area contributed by atoms with Crippen molar-refractivity contribution in [1.82, 2.24) is 25.2 Å². The molecule has 1 aromatic heterocycles. The molecule has 0 aromatic carbocycles. The quantitative estimate of drug-likeness (QED) is 0.169. The molecule has 4 unspecified atom stereocenters. The number of primary amides is 1. The average Bonchev–Trinajstić information content (AvgIpc) is 3.62. The molecule has 0 radical (unpaired) electrons. The van der Waals surface area contributed by atoms with Crippen molar-refractivity contribution >= 4 is 52.8 Å². The molecule has 0 bridgehead atoms. The number of hydrogen-bond acceptors (Lipinski definition) is 8. The fraction of sp³-hybridized carbons (Fsp3) is 0.727. The van der Waals surface area contributed by atoms with Crippen molar-refractivity contribution < 1.29 is 24.0 Å². The maximum absolute atomic E-state index is 14.1. The third kappa shape index (κ3) is 10.4. The highest BCUT2D eigenvalue weighted by Gasteiger charge is 2.43. The highest BCUT2D eigenvalue weighted by molar-refractivity contribution is 7.98. The first kappa shape index (κ1) is 37.8. The van der Waals surface area contributed by atoms with Gasteiger partial charge in [0.1, 0.15) is 12.1 Å². The van der Waals surface area contributed by atoms with Crippen LogP contribution in [0, 0.1) is 16.7 Å². The summed E-state index contributed by atoms with van der Waals surface area (Å²) in [4.78, 5) is 67.0. The Balaban J connectivity index is 1.73. The van der Waals surface area contributed by atoms with Gasteiger partial charge in [0.15, 0.2) is 0 Å². The van der Waals surface area contributed by atoms with E-state index in [2.05, 4.69) is 60.9 Å². The van der Waals surface area contributed by atoms with Crippen molar-refractivity contribution in [3.05, 3.63) is 17.5 Å². The van der Waals surface area contributed by atoms with Crippen LogP contribution >= 0.6 is 23.3 Å². The number of Topliss-reactive ketones (excluding diaryl/α,β-unsaturated/α-hetero) is 1. The zero-order valence-electron chi connectivity index (χ0n) is 28.7. The molecule has 1 aromatic rings. The van der Waals surface area contributed by atoms with Crippen LogP contribution in [0.15, 0.2) is 21.7 Å². The van der Waals surface area contributed by atoms with Gasteiger partial charge in [-0.3, -0.25) is 19.2 Å². The van der Waals surface area contributed by atoms with Crippen molar-refractivity contribution in [2.24, 2.45) is 22.5 Å². The molecular formula is C33H54N6O5S2. The summed E-state index contributed by atoms with van der Waals surface area (Å²) in [6.07, 6.45) is 4.30. The molecule has 1 saturated heterocycles. The number of nitrogens with two attached hydrogens (primary N) is 1. The molecule has 1 aliphatic carbocycles. The number of urea groups is 1. The van der Waals surface area contributed by atoms with Crippen molar-refractivity contribution in [3.8, 4) is 0 Å². The molecule has 2 heterocycles. The fourth-order valence-corrected chi connectivity index (χ4v) is 7.56. The summed E-state index contributed by atoms with van der Waals surface area (Å²) >= 11 is 3.34. The first-order valence-corrected chi connectivity index (χ1v) is 18.0. The van der Waals surface area contributed by atoms with Crippen LogP contribution in [0.5, 0.6) is 0 Å². The molecule has 46 heavy (non-hydrogen) atoms. The lowest BCUT2D eigenvalue weighted by Crippen LogP contribution is -2.61. The van der Waals surface area contributed by atoms with Crippen molar-refractivity contribution in [2.45, 2.75) is 128 Å². The molecule has 3 rings (SSSR count). The Morgan fingerprint density at radius 1 is 1.00 bits per heavy atom. The van der Waals surface area contributed by atoms with Gasteiger partial charge < -0.3 is 26.6 Å². The number of nitrogens with zero attached hydrogens (tertiary/aromatic N) is 2. The van der Waals surface area contributed by atoms with Crippen LogP contribution in [-0.4, -0.2) is 82.0 Å². The van der Waals surface area contributed by atoms with Gasteiger partial charge in [0.05, 0.1) is 10.3 Å². The van der Waals surface area contributed by atoms with E-state index in [1.165, 1.54) is 9.11 Å². The van der Waals surface area contributed by atoms with Crippen LogP contribution < -0.4 is 21.7 Å². The molecule has 1 saturated carbocycles. The maximum Gasteiger partial charge on any atom is 0.315 e. The SMILES string of the molecule is CC(C)N(CC(NC(=O)NC(C(=O)N1CCCC1C(=O)NC(CC1CCC1)C(=O)C(N)=O)C(C)(C)C)C(C)(C)C)Sc1cccs1. The molecule has 2 fully saturated rings. The number of ketones is 1.